The van der Waals surface area contributed by atoms with E-state index in [9.17, 15) is 40.0 Å². The monoisotopic (exact) mass is 540 g/mol. The zero-order chi connectivity index (χ0) is 27.1. The van der Waals surface area contributed by atoms with Gasteiger partial charge in [-0.05, 0) is 36.4 Å². The summed E-state index contributed by atoms with van der Waals surface area (Å²) in [6, 6.07) is 5.58. The Kier molecular flexibility index (Phi) is 6.67. The molecule has 0 radical (unpaired) electrons. The number of halogens is 5. The number of nitrogens with one attached hydrogen (secondary N) is 1. The molecular weight excluding hydrogens is 523 g/mol. The highest BCUT2D eigenvalue weighted by Gasteiger charge is 2.33. The van der Waals surface area contributed by atoms with Gasteiger partial charge in [0.1, 0.15) is 23.1 Å². The average molecular weight is 540 g/mol. The zero-order valence-corrected chi connectivity index (χ0v) is 19.7. The Morgan fingerprint density at radius 1 is 1.14 bits per heavy atom. The number of ether oxygens (including phenoxy) is 1. The fraction of sp³-hybridized carbons (Fsp3) is 0.167. The number of amides is 1. The molecular formula is C24H17F5N2O5S. The second-order valence-corrected chi connectivity index (χ2v) is 9.86. The lowest BCUT2D eigenvalue weighted by Crippen LogP contribution is -2.32. The maximum absolute atomic E-state index is 14.5. The first-order valence-corrected chi connectivity index (χ1v) is 12.4. The maximum Gasteiger partial charge on any atom is 0.573 e. The highest BCUT2D eigenvalue weighted by Crippen LogP contribution is 2.38. The molecule has 0 saturated heterocycles. The van der Waals surface area contributed by atoms with Gasteiger partial charge in [0, 0.05) is 34.0 Å². The van der Waals surface area contributed by atoms with Crippen molar-refractivity contribution in [2.24, 2.45) is 0 Å². The fourth-order valence-electron chi connectivity index (χ4n) is 4.02. The van der Waals surface area contributed by atoms with Crippen LogP contribution >= 0.6 is 0 Å². The van der Waals surface area contributed by atoms with Crippen molar-refractivity contribution < 1.29 is 44.7 Å². The van der Waals surface area contributed by atoms with Gasteiger partial charge in [0.25, 0.3) is 5.91 Å². The van der Waals surface area contributed by atoms with E-state index in [1.807, 2.05) is 0 Å². The van der Waals surface area contributed by atoms with E-state index in [0.29, 0.717) is 6.26 Å². The third-order valence-corrected chi connectivity index (χ3v) is 5.93. The quantitative estimate of drug-likeness (QED) is 0.466. The number of ketones is 1. The van der Waals surface area contributed by atoms with E-state index in [1.165, 1.54) is 18.2 Å². The molecule has 13 heteroatoms. The molecule has 0 spiro atoms. The second kappa shape index (κ2) is 9.47. The molecule has 1 aliphatic rings. The van der Waals surface area contributed by atoms with Crippen LogP contribution in [0.15, 0.2) is 54.6 Å². The molecule has 3 aromatic rings. The van der Waals surface area contributed by atoms with Gasteiger partial charge in [0.2, 0.25) is 10.0 Å². The first-order valence-electron chi connectivity index (χ1n) is 10.5. The molecule has 0 bridgehead atoms. The Bertz CT molecular complexity index is 1600. The summed E-state index contributed by atoms with van der Waals surface area (Å²) >= 11 is 0. The van der Waals surface area contributed by atoms with Crippen LogP contribution in [-0.2, 0) is 21.4 Å². The number of carbonyl (C=O) groups excluding carboxylic acids is 2. The van der Waals surface area contributed by atoms with Crippen LogP contribution in [0.3, 0.4) is 0 Å². The Morgan fingerprint density at radius 2 is 1.86 bits per heavy atom. The van der Waals surface area contributed by atoms with E-state index in [-0.39, 0.29) is 34.0 Å². The topological polar surface area (TPSA) is 94.5 Å². The minimum atomic E-state index is -5.06. The number of rotatable bonds is 6. The summed E-state index contributed by atoms with van der Waals surface area (Å²) < 4.78 is 97.8. The standard InChI is InChI=1S/C24H17F5N2O5S/c1-37(34,35)30-23(33)22-21(16-4-2-3-5-20(16)32)17-11-15(36-24(27,28)29)7-9-19(17)31(22)12-13-10-14(25)6-8-18(13)26/h2-4,6-11H,5,12H2,1H3,(H,30,33). The Morgan fingerprint density at radius 3 is 2.51 bits per heavy atom. The van der Waals surface area contributed by atoms with Crippen LogP contribution in [-0.4, -0.2) is 37.3 Å². The van der Waals surface area contributed by atoms with E-state index in [2.05, 4.69) is 4.74 Å². The zero-order valence-electron chi connectivity index (χ0n) is 18.9. The number of hydrogen-bond donors (Lipinski definition) is 1. The number of alkyl halides is 3. The molecule has 0 saturated carbocycles. The summed E-state index contributed by atoms with van der Waals surface area (Å²) in [5.41, 5.74) is -0.932. The van der Waals surface area contributed by atoms with Gasteiger partial charge in [-0.1, -0.05) is 18.2 Å². The van der Waals surface area contributed by atoms with Gasteiger partial charge >= 0.3 is 6.36 Å². The lowest BCUT2D eigenvalue weighted by atomic mass is 9.93. The van der Waals surface area contributed by atoms with E-state index < -0.39 is 57.7 Å². The van der Waals surface area contributed by atoms with Crippen molar-refractivity contribution in [3.05, 3.63) is 83.1 Å². The third kappa shape index (κ3) is 5.71. The van der Waals surface area contributed by atoms with Crippen molar-refractivity contribution in [3.63, 3.8) is 0 Å². The third-order valence-electron chi connectivity index (χ3n) is 5.37. The van der Waals surface area contributed by atoms with Gasteiger partial charge in [0.15, 0.2) is 5.78 Å². The molecule has 0 unspecified atom stereocenters. The summed E-state index contributed by atoms with van der Waals surface area (Å²) in [4.78, 5) is 26.0. The number of allylic oxidation sites excluding steroid dienone is 4. The number of sulfonamides is 1. The van der Waals surface area contributed by atoms with Crippen molar-refractivity contribution in [2.75, 3.05) is 6.26 Å². The molecule has 1 aliphatic carbocycles. The Hall–Kier alpha value is -4.00. The van der Waals surface area contributed by atoms with Gasteiger partial charge in [-0.3, -0.25) is 9.59 Å². The molecule has 1 amide bonds. The molecule has 194 valence electrons. The lowest BCUT2D eigenvalue weighted by Gasteiger charge is -2.14. The first-order chi connectivity index (χ1) is 17.2. The molecule has 0 aliphatic heterocycles. The largest absolute Gasteiger partial charge is 0.573 e. The van der Waals surface area contributed by atoms with E-state index in [0.717, 1.165) is 41.0 Å². The number of carbonyl (C=O) groups is 2. The SMILES string of the molecule is CS(=O)(=O)NC(=O)c1c(C2=CC=CCC2=O)c2cc(OC(F)(F)F)ccc2n1Cc1cc(F)ccc1F. The molecule has 1 N–H and O–H groups in total. The summed E-state index contributed by atoms with van der Waals surface area (Å²) in [7, 11) is -4.15. The first kappa shape index (κ1) is 26.1. The highest BCUT2D eigenvalue weighted by molar-refractivity contribution is 7.89. The van der Waals surface area contributed by atoms with E-state index in [1.54, 1.807) is 4.72 Å². The van der Waals surface area contributed by atoms with Crippen molar-refractivity contribution in [1.82, 2.24) is 9.29 Å². The van der Waals surface area contributed by atoms with Gasteiger partial charge in [-0.25, -0.2) is 21.9 Å². The maximum atomic E-state index is 14.5. The molecule has 37 heavy (non-hydrogen) atoms. The van der Waals surface area contributed by atoms with Crippen LogP contribution in [0.1, 0.15) is 28.0 Å². The van der Waals surface area contributed by atoms with E-state index in [4.69, 9.17) is 0 Å². The van der Waals surface area contributed by atoms with Crippen molar-refractivity contribution in [1.29, 1.82) is 0 Å². The van der Waals surface area contributed by atoms with Crippen molar-refractivity contribution in [3.8, 4) is 5.75 Å². The summed E-state index contributed by atoms with van der Waals surface area (Å²) in [5, 5.41) is -0.0767. The highest BCUT2D eigenvalue weighted by atomic mass is 32.2. The van der Waals surface area contributed by atoms with Crippen LogP contribution in [0.25, 0.3) is 16.5 Å². The molecule has 0 fully saturated rings. The number of benzene rings is 2. The smallest absolute Gasteiger partial charge is 0.406 e. The number of fused-ring (bicyclic) bond motifs is 1. The van der Waals surface area contributed by atoms with Gasteiger partial charge in [0.05, 0.1) is 12.8 Å². The predicted molar refractivity (Wildman–Crippen MR) is 123 cm³/mol. The Labute approximate surface area is 206 Å². The van der Waals surface area contributed by atoms with Crippen LogP contribution < -0.4 is 9.46 Å². The number of nitrogens with zero attached hydrogens (tertiary/aromatic N) is 1. The minimum absolute atomic E-state index is 0.0371. The van der Waals surface area contributed by atoms with Crippen LogP contribution in [0.5, 0.6) is 5.75 Å². The molecule has 2 aromatic carbocycles. The van der Waals surface area contributed by atoms with Crippen LogP contribution in [0, 0.1) is 11.6 Å². The number of aromatic nitrogens is 1. The molecule has 0 atom stereocenters. The van der Waals surface area contributed by atoms with Crippen molar-refractivity contribution in [2.45, 2.75) is 19.3 Å². The predicted octanol–water partition coefficient (Wildman–Crippen LogP) is 4.47. The normalized spacial score (nSPS) is 14.1. The number of hydrogen-bond acceptors (Lipinski definition) is 5. The Balaban J connectivity index is 2.07. The summed E-state index contributed by atoms with van der Waals surface area (Å²) in [6.45, 7) is -0.524. The van der Waals surface area contributed by atoms with Gasteiger partial charge in [-0.2, -0.15) is 0 Å². The molecule has 1 aromatic heterocycles. The molecule has 1 heterocycles. The van der Waals surface area contributed by atoms with E-state index >= 15 is 0 Å². The van der Waals surface area contributed by atoms with Crippen LogP contribution in [0.2, 0.25) is 0 Å². The van der Waals surface area contributed by atoms with Crippen LogP contribution in [0.4, 0.5) is 22.0 Å². The van der Waals surface area contributed by atoms with Crippen molar-refractivity contribution >= 4 is 38.2 Å². The summed E-state index contributed by atoms with van der Waals surface area (Å²) in [5.74, 6) is -4.07. The average Bonchev–Trinajstić information content (AvgIpc) is 3.07. The molecule has 7 nitrogen and oxygen atoms in total. The fourth-order valence-corrected chi connectivity index (χ4v) is 4.45. The van der Waals surface area contributed by atoms with Gasteiger partial charge < -0.3 is 9.30 Å². The number of Topliss-reactive ketones (excluding diaryl/α,β-unsaturated/α-hetero) is 1. The minimum Gasteiger partial charge on any atom is -0.406 e. The lowest BCUT2D eigenvalue weighted by molar-refractivity contribution is -0.274. The second-order valence-electron chi connectivity index (χ2n) is 8.11. The molecule has 4 rings (SSSR count). The van der Waals surface area contributed by atoms with Gasteiger partial charge in [-0.15, -0.1) is 13.2 Å². The summed E-state index contributed by atoms with van der Waals surface area (Å²) in [6.07, 6.45) is -0.125.